The molecule has 2 heterocycles. The molecule has 0 unspecified atom stereocenters. The molecule has 0 saturated heterocycles. The van der Waals surface area contributed by atoms with E-state index in [1.807, 2.05) is 72.8 Å². The largest absolute Gasteiger partial charge is 0.456 e. The van der Waals surface area contributed by atoms with Crippen molar-refractivity contribution >= 4 is 43.9 Å². The predicted molar refractivity (Wildman–Crippen MR) is 476 cm³/mol. The van der Waals surface area contributed by atoms with Crippen molar-refractivity contribution in [3.05, 3.63) is 470 Å². The fourth-order valence-electron chi connectivity index (χ4n) is 13.4. The van der Waals surface area contributed by atoms with E-state index in [2.05, 4.69) is 406 Å². The summed E-state index contributed by atoms with van der Waals surface area (Å²) in [5.41, 5.74) is 33.1. The number of hydrogen-bond donors (Lipinski definition) is 0. The van der Waals surface area contributed by atoms with Gasteiger partial charge in [0.1, 0.15) is 22.3 Å². The van der Waals surface area contributed by atoms with Crippen LogP contribution in [0.15, 0.2) is 440 Å². The zero-order chi connectivity index (χ0) is 76.5. The molecule has 0 saturated carbocycles. The lowest BCUT2D eigenvalue weighted by Crippen LogP contribution is -1.86. The second-order valence-electron chi connectivity index (χ2n) is 28.1. The van der Waals surface area contributed by atoms with Gasteiger partial charge < -0.3 is 8.83 Å². The molecular weight excluding hydrogens is 1340 g/mol. The Morgan fingerprint density at radius 3 is 0.784 bits per heavy atom. The predicted octanol–water partition coefficient (Wildman–Crippen LogP) is 31.1. The van der Waals surface area contributed by atoms with Gasteiger partial charge in [0.05, 0.1) is 0 Å². The Hall–Kier alpha value is -13.7. The Labute approximate surface area is 655 Å². The van der Waals surface area contributed by atoms with E-state index < -0.39 is 0 Å². The summed E-state index contributed by atoms with van der Waals surface area (Å²) in [5, 5.41) is 4.82. The molecule has 111 heavy (non-hydrogen) atoms. The fourth-order valence-corrected chi connectivity index (χ4v) is 13.4. The first-order valence-corrected chi connectivity index (χ1v) is 38.1. The van der Waals surface area contributed by atoms with Crippen LogP contribution in [-0.2, 0) is 0 Å². The van der Waals surface area contributed by atoms with E-state index in [0.717, 1.165) is 22.3 Å². The highest BCUT2D eigenvalue weighted by molar-refractivity contribution is 6.06. The Balaban J connectivity index is 0.000000116. The quantitative estimate of drug-likeness (QED) is 0.152. The van der Waals surface area contributed by atoms with Gasteiger partial charge in [-0.1, -0.05) is 404 Å². The highest BCUT2D eigenvalue weighted by atomic mass is 16.3. The van der Waals surface area contributed by atoms with Gasteiger partial charge in [-0.05, 0) is 203 Å². The summed E-state index contributed by atoms with van der Waals surface area (Å²) in [6.45, 7) is 14.8. The van der Waals surface area contributed by atoms with Gasteiger partial charge in [-0.2, -0.15) is 0 Å². The molecule has 2 aromatic heterocycles. The molecule has 0 bridgehead atoms. The highest BCUT2D eigenvalue weighted by Crippen LogP contribution is 2.36. The summed E-state index contributed by atoms with van der Waals surface area (Å²) in [4.78, 5) is 0. The highest BCUT2D eigenvalue weighted by Gasteiger charge is 2.11. The van der Waals surface area contributed by atoms with Crippen LogP contribution in [0.5, 0.6) is 0 Å². The molecule has 540 valence electrons. The molecule has 0 aliphatic carbocycles. The Morgan fingerprint density at radius 1 is 0.135 bits per heavy atom. The van der Waals surface area contributed by atoms with Crippen LogP contribution in [0.1, 0.15) is 38.9 Å². The van der Waals surface area contributed by atoms with Gasteiger partial charge in [0.25, 0.3) is 0 Å². The van der Waals surface area contributed by atoms with Gasteiger partial charge >= 0.3 is 0 Å². The molecular formula is C109H92O2. The minimum absolute atomic E-state index is 0.966. The van der Waals surface area contributed by atoms with Crippen molar-refractivity contribution in [2.24, 2.45) is 0 Å². The first-order valence-electron chi connectivity index (χ1n) is 38.1. The minimum atomic E-state index is 0.966. The van der Waals surface area contributed by atoms with Gasteiger partial charge in [0.15, 0.2) is 0 Å². The third kappa shape index (κ3) is 20.7. The third-order valence-electron chi connectivity index (χ3n) is 19.4. The summed E-state index contributed by atoms with van der Waals surface area (Å²) in [5.74, 6) is 0. The average molecular weight is 1430 g/mol. The van der Waals surface area contributed by atoms with E-state index in [-0.39, 0.29) is 0 Å². The fraction of sp³-hybridized carbons (Fsp3) is 0.0642. The number of fused-ring (bicyclic) bond motifs is 6. The average Bonchev–Trinajstić information content (AvgIpc) is 1.59. The van der Waals surface area contributed by atoms with Crippen LogP contribution in [0.3, 0.4) is 0 Å². The first kappa shape index (κ1) is 75.6. The van der Waals surface area contributed by atoms with E-state index in [4.69, 9.17) is 8.83 Å². The van der Waals surface area contributed by atoms with Gasteiger partial charge in [-0.15, -0.1) is 0 Å². The smallest absolute Gasteiger partial charge is 0.138 e. The molecule has 0 radical (unpaired) electrons. The van der Waals surface area contributed by atoms with Crippen LogP contribution in [0.2, 0.25) is 0 Å². The van der Waals surface area contributed by atoms with Crippen LogP contribution in [-0.4, -0.2) is 0 Å². The number of para-hydroxylation sites is 3. The molecule has 0 fully saturated rings. The molecule has 0 N–H and O–H groups in total. The monoisotopic (exact) mass is 1430 g/mol. The molecule has 0 amide bonds. The van der Waals surface area contributed by atoms with Gasteiger partial charge in [-0.3, -0.25) is 0 Å². The normalized spacial score (nSPS) is 10.5. The Morgan fingerprint density at radius 2 is 0.387 bits per heavy atom. The lowest BCUT2D eigenvalue weighted by Gasteiger charge is -2.11. The van der Waals surface area contributed by atoms with Crippen molar-refractivity contribution in [1.82, 2.24) is 0 Å². The minimum Gasteiger partial charge on any atom is -0.456 e. The van der Waals surface area contributed by atoms with Crippen molar-refractivity contribution in [2.75, 3.05) is 0 Å². The van der Waals surface area contributed by atoms with Gasteiger partial charge in [-0.25, -0.2) is 0 Å². The van der Waals surface area contributed by atoms with Crippen molar-refractivity contribution in [1.29, 1.82) is 0 Å². The molecule has 17 aromatic carbocycles. The first-order chi connectivity index (χ1) is 54.4. The lowest BCUT2D eigenvalue weighted by molar-refractivity contribution is 0.666. The summed E-state index contributed by atoms with van der Waals surface area (Å²) < 4.78 is 11.5. The van der Waals surface area contributed by atoms with Crippen LogP contribution >= 0.6 is 0 Å². The summed E-state index contributed by atoms with van der Waals surface area (Å²) in [6.07, 6.45) is 0. The summed E-state index contributed by atoms with van der Waals surface area (Å²) in [6, 6.07) is 151. The SMILES string of the molecule is Cc1cc(-c2ccccc2)cc(-c2ccccc2)c1.Cc1ccc(-c2cc(-c3ccccc3)cc(-c3ccccc3)c2)cc1.Cc1ccc(-c2cccc(-c3ccccc3)c2)cc1.Cc1ccc(-c2ccccc2)cc1.Cc1ccc2oc3ccccc3c2c1.Cc1cccc2c1oc1ccccc12.Cc1ccccc1. The van der Waals surface area contributed by atoms with E-state index in [1.54, 1.807) is 0 Å². The van der Waals surface area contributed by atoms with Gasteiger partial charge in [0, 0.05) is 21.5 Å². The molecule has 0 atom stereocenters. The summed E-state index contributed by atoms with van der Waals surface area (Å²) >= 11 is 0. The third-order valence-corrected chi connectivity index (χ3v) is 19.4. The Kier molecular flexibility index (Phi) is 25.7. The maximum absolute atomic E-state index is 5.78. The molecule has 19 aromatic rings. The molecule has 19 rings (SSSR count). The molecule has 2 heteroatoms. The molecule has 0 aliphatic heterocycles. The zero-order valence-electron chi connectivity index (χ0n) is 64.3. The lowest BCUT2D eigenvalue weighted by atomic mass is 9.93. The standard InChI is InChI=1S/C25H20.2C19H16.2C13H10O.C13H12.C7H8/c1-19-12-14-22(15-13-19)25-17-23(20-8-4-2-5-9-20)16-24(18-25)21-10-6-3-7-11-21;1-15-12-18(16-8-4-2-5-9-16)14-19(13-15)17-10-6-3-7-11-17;1-15-10-12-17(13-11-15)19-9-5-8-18(14-19)16-6-3-2-4-7-16;1-9-5-4-7-11-10-6-2-3-8-12(10)14-13(9)11;1-9-6-7-13-11(8-9)10-4-2-3-5-12(10)14-13;1-11-7-9-13(10-8-11)12-5-3-2-4-6-12;1-7-5-3-2-4-6-7/h2-18H,1H3;2*2-14H,1H3;2*2-8H,1H3;2-10H,1H3;2-6H,1H3. The van der Waals surface area contributed by atoms with E-state index in [1.165, 1.54) is 150 Å². The molecule has 2 nitrogen and oxygen atoms in total. The Bertz CT molecular complexity index is 5940. The van der Waals surface area contributed by atoms with E-state index in [9.17, 15) is 0 Å². The zero-order valence-corrected chi connectivity index (χ0v) is 64.3. The topological polar surface area (TPSA) is 26.3 Å². The molecule has 0 spiro atoms. The number of furan rings is 2. The van der Waals surface area contributed by atoms with Crippen molar-refractivity contribution in [3.63, 3.8) is 0 Å². The van der Waals surface area contributed by atoms with E-state index in [0.29, 0.717) is 0 Å². The van der Waals surface area contributed by atoms with Gasteiger partial charge in [0.2, 0.25) is 0 Å². The van der Waals surface area contributed by atoms with Crippen LogP contribution in [0.25, 0.3) is 133 Å². The van der Waals surface area contributed by atoms with Crippen molar-refractivity contribution < 1.29 is 8.83 Å². The second-order valence-corrected chi connectivity index (χ2v) is 28.1. The van der Waals surface area contributed by atoms with Crippen LogP contribution in [0.4, 0.5) is 0 Å². The van der Waals surface area contributed by atoms with Crippen LogP contribution in [0, 0.1) is 48.5 Å². The number of rotatable bonds is 8. The maximum atomic E-state index is 5.78. The number of aryl methyl sites for hydroxylation is 7. The molecule has 0 aliphatic rings. The number of hydrogen-bond acceptors (Lipinski definition) is 2. The summed E-state index contributed by atoms with van der Waals surface area (Å²) in [7, 11) is 0. The van der Waals surface area contributed by atoms with Crippen molar-refractivity contribution in [3.8, 4) is 89.0 Å². The van der Waals surface area contributed by atoms with E-state index >= 15 is 0 Å². The van der Waals surface area contributed by atoms with Crippen molar-refractivity contribution in [2.45, 2.75) is 48.5 Å². The van der Waals surface area contributed by atoms with Crippen LogP contribution < -0.4 is 0 Å². The number of benzene rings is 17. The maximum Gasteiger partial charge on any atom is 0.138 e. The second kappa shape index (κ2) is 37.7.